The highest BCUT2D eigenvalue weighted by Gasteiger charge is 2.15. The lowest BCUT2D eigenvalue weighted by Crippen LogP contribution is -2.15. The van der Waals surface area contributed by atoms with E-state index < -0.39 is 0 Å². The van der Waals surface area contributed by atoms with Crippen molar-refractivity contribution in [3.8, 4) is 0 Å². The fourth-order valence-electron chi connectivity index (χ4n) is 1.86. The molecule has 0 saturated heterocycles. The molecule has 0 aliphatic heterocycles. The van der Waals surface area contributed by atoms with Crippen LogP contribution < -0.4 is 4.90 Å². The van der Waals surface area contributed by atoms with E-state index in [0.29, 0.717) is 11.4 Å². The Balaban J connectivity index is 2.39. The van der Waals surface area contributed by atoms with Crippen LogP contribution in [0.25, 0.3) is 0 Å². The summed E-state index contributed by atoms with van der Waals surface area (Å²) in [7, 11) is 0. The molecule has 3 nitrogen and oxygen atoms in total. The van der Waals surface area contributed by atoms with Gasteiger partial charge in [-0.05, 0) is 37.6 Å². The molecule has 0 amide bonds. The number of rotatable bonds is 5. The van der Waals surface area contributed by atoms with Crippen LogP contribution in [0, 0.1) is 5.82 Å². The molecule has 0 unspecified atom stereocenters. The minimum atomic E-state index is -0.262. The van der Waals surface area contributed by atoms with Gasteiger partial charge in [0.25, 0.3) is 0 Å². The van der Waals surface area contributed by atoms with Gasteiger partial charge in [-0.3, -0.25) is 4.79 Å². The molecular weight excluding hydrogens is 263 g/mol. The zero-order valence-corrected chi connectivity index (χ0v) is 11.7. The van der Waals surface area contributed by atoms with Gasteiger partial charge >= 0.3 is 0 Å². The summed E-state index contributed by atoms with van der Waals surface area (Å²) in [5.74, 6) is -0.262. The highest BCUT2D eigenvalue weighted by Crippen LogP contribution is 2.31. The van der Waals surface area contributed by atoms with Gasteiger partial charge in [0.15, 0.2) is 11.4 Å². The lowest BCUT2D eigenvalue weighted by atomic mass is 10.3. The normalized spacial score (nSPS) is 10.5. The number of thiazole rings is 1. The maximum atomic E-state index is 13.0. The number of aromatic nitrogens is 1. The summed E-state index contributed by atoms with van der Waals surface area (Å²) in [5, 5.41) is 0.771. The highest BCUT2D eigenvalue weighted by molar-refractivity contribution is 7.17. The molecule has 0 bridgehead atoms. The Bertz CT molecular complexity index is 565. The van der Waals surface area contributed by atoms with Crippen LogP contribution in [-0.2, 0) is 6.42 Å². The Morgan fingerprint density at radius 3 is 2.47 bits per heavy atom. The van der Waals surface area contributed by atoms with Crippen molar-refractivity contribution in [3.05, 3.63) is 40.7 Å². The number of anilines is 2. The predicted octanol–water partition coefficient (Wildman–Crippen LogP) is 3.82. The third-order valence-corrected chi connectivity index (χ3v) is 3.89. The SMILES string of the molecule is CCc1nc(N(CC)c2ccc(F)cc2)sc1C=O. The Labute approximate surface area is 115 Å². The van der Waals surface area contributed by atoms with Gasteiger partial charge in [-0.15, -0.1) is 0 Å². The summed E-state index contributed by atoms with van der Waals surface area (Å²) in [5.41, 5.74) is 1.69. The second kappa shape index (κ2) is 5.93. The average molecular weight is 278 g/mol. The minimum Gasteiger partial charge on any atom is -0.318 e. The number of hydrogen-bond donors (Lipinski definition) is 0. The molecule has 0 atom stereocenters. The molecule has 0 spiro atoms. The second-order valence-electron chi connectivity index (χ2n) is 4.00. The number of benzene rings is 1. The molecule has 1 aromatic carbocycles. The number of nitrogens with zero attached hydrogens (tertiary/aromatic N) is 2. The number of aldehydes is 1. The maximum Gasteiger partial charge on any atom is 0.190 e. The zero-order valence-electron chi connectivity index (χ0n) is 10.9. The van der Waals surface area contributed by atoms with Crippen LogP contribution in [0.2, 0.25) is 0 Å². The summed E-state index contributed by atoms with van der Waals surface area (Å²) < 4.78 is 13.0. The van der Waals surface area contributed by atoms with E-state index in [1.807, 2.05) is 18.7 Å². The molecule has 2 aromatic rings. The van der Waals surface area contributed by atoms with Gasteiger partial charge in [-0.2, -0.15) is 0 Å². The van der Waals surface area contributed by atoms with Crippen molar-refractivity contribution < 1.29 is 9.18 Å². The van der Waals surface area contributed by atoms with Crippen LogP contribution >= 0.6 is 11.3 Å². The van der Waals surface area contributed by atoms with E-state index in [0.717, 1.165) is 29.2 Å². The number of hydrogen-bond acceptors (Lipinski definition) is 4. The summed E-state index contributed by atoms with van der Waals surface area (Å²) in [6, 6.07) is 6.28. The van der Waals surface area contributed by atoms with E-state index in [4.69, 9.17) is 0 Å². The van der Waals surface area contributed by atoms with Crippen LogP contribution in [-0.4, -0.2) is 17.8 Å². The molecule has 0 N–H and O–H groups in total. The molecular formula is C14H15FN2OS. The topological polar surface area (TPSA) is 33.2 Å². The van der Waals surface area contributed by atoms with Crippen LogP contribution in [0.1, 0.15) is 29.2 Å². The quantitative estimate of drug-likeness (QED) is 0.780. The molecule has 0 aliphatic carbocycles. The molecule has 0 aliphatic rings. The van der Waals surface area contributed by atoms with Crippen molar-refractivity contribution >= 4 is 28.4 Å². The average Bonchev–Trinajstić information content (AvgIpc) is 2.85. The van der Waals surface area contributed by atoms with Crippen LogP contribution in [0.5, 0.6) is 0 Å². The number of aryl methyl sites for hydroxylation is 1. The first kappa shape index (κ1) is 13.7. The molecule has 0 saturated carbocycles. The van der Waals surface area contributed by atoms with Gasteiger partial charge in [0.2, 0.25) is 0 Å². The van der Waals surface area contributed by atoms with Gasteiger partial charge < -0.3 is 4.90 Å². The third-order valence-electron chi connectivity index (χ3n) is 2.84. The van der Waals surface area contributed by atoms with Gasteiger partial charge in [-0.1, -0.05) is 18.3 Å². The summed E-state index contributed by atoms with van der Waals surface area (Å²) in [6.07, 6.45) is 1.57. The van der Waals surface area contributed by atoms with E-state index in [1.54, 1.807) is 12.1 Å². The number of carbonyl (C=O) groups excluding carboxylic acids is 1. The van der Waals surface area contributed by atoms with Gasteiger partial charge in [-0.25, -0.2) is 9.37 Å². The van der Waals surface area contributed by atoms with Crippen molar-refractivity contribution in [1.29, 1.82) is 0 Å². The maximum absolute atomic E-state index is 13.0. The molecule has 2 rings (SSSR count). The Kier molecular flexibility index (Phi) is 4.27. The molecule has 1 aromatic heterocycles. The highest BCUT2D eigenvalue weighted by atomic mass is 32.1. The van der Waals surface area contributed by atoms with Crippen molar-refractivity contribution in [2.75, 3.05) is 11.4 Å². The van der Waals surface area contributed by atoms with Crippen LogP contribution in [0.15, 0.2) is 24.3 Å². The van der Waals surface area contributed by atoms with E-state index in [-0.39, 0.29) is 5.82 Å². The van der Waals surface area contributed by atoms with E-state index in [2.05, 4.69) is 4.98 Å². The predicted molar refractivity (Wildman–Crippen MR) is 76.0 cm³/mol. The first-order valence-electron chi connectivity index (χ1n) is 6.17. The fraction of sp³-hybridized carbons (Fsp3) is 0.286. The lowest BCUT2D eigenvalue weighted by Gasteiger charge is -2.19. The third kappa shape index (κ3) is 2.81. The van der Waals surface area contributed by atoms with Crippen molar-refractivity contribution in [2.45, 2.75) is 20.3 Å². The fourth-order valence-corrected chi connectivity index (χ4v) is 2.91. The smallest absolute Gasteiger partial charge is 0.190 e. The van der Waals surface area contributed by atoms with Gasteiger partial charge in [0.05, 0.1) is 10.6 Å². The lowest BCUT2D eigenvalue weighted by molar-refractivity contribution is 0.112. The monoisotopic (exact) mass is 278 g/mol. The van der Waals surface area contributed by atoms with E-state index in [1.165, 1.54) is 23.5 Å². The van der Waals surface area contributed by atoms with Crippen molar-refractivity contribution in [2.24, 2.45) is 0 Å². The molecule has 0 fully saturated rings. The van der Waals surface area contributed by atoms with E-state index in [9.17, 15) is 9.18 Å². The van der Waals surface area contributed by atoms with Crippen LogP contribution in [0.3, 0.4) is 0 Å². The molecule has 1 heterocycles. The number of halogens is 1. The number of carbonyl (C=O) groups is 1. The summed E-state index contributed by atoms with van der Waals surface area (Å²) >= 11 is 1.37. The summed E-state index contributed by atoms with van der Waals surface area (Å²) in [4.78, 5) is 18.1. The second-order valence-corrected chi connectivity index (χ2v) is 5.01. The minimum absolute atomic E-state index is 0.262. The summed E-state index contributed by atoms with van der Waals surface area (Å²) in [6.45, 7) is 4.68. The largest absolute Gasteiger partial charge is 0.318 e. The molecule has 5 heteroatoms. The molecule has 0 radical (unpaired) electrons. The van der Waals surface area contributed by atoms with Crippen molar-refractivity contribution in [3.63, 3.8) is 0 Å². The van der Waals surface area contributed by atoms with Gasteiger partial charge in [0, 0.05) is 12.2 Å². The Hall–Kier alpha value is -1.75. The first-order valence-corrected chi connectivity index (χ1v) is 6.99. The van der Waals surface area contributed by atoms with E-state index >= 15 is 0 Å². The molecule has 19 heavy (non-hydrogen) atoms. The standard InChI is InChI=1S/C14H15FN2OS/c1-3-12-13(9-18)19-14(16-12)17(4-2)11-7-5-10(15)6-8-11/h5-9H,3-4H2,1-2H3. The first-order chi connectivity index (χ1) is 9.19. The Morgan fingerprint density at radius 2 is 2.00 bits per heavy atom. The Morgan fingerprint density at radius 1 is 1.32 bits per heavy atom. The van der Waals surface area contributed by atoms with Gasteiger partial charge in [0.1, 0.15) is 5.82 Å². The molecule has 100 valence electrons. The van der Waals surface area contributed by atoms with Crippen LogP contribution in [0.4, 0.5) is 15.2 Å². The van der Waals surface area contributed by atoms with Crippen molar-refractivity contribution in [1.82, 2.24) is 4.98 Å². The zero-order chi connectivity index (χ0) is 13.8.